The van der Waals surface area contributed by atoms with Gasteiger partial charge < -0.3 is 9.88 Å². The van der Waals surface area contributed by atoms with Gasteiger partial charge in [0.15, 0.2) is 11.0 Å². The summed E-state index contributed by atoms with van der Waals surface area (Å²) < 4.78 is 15.0. The zero-order valence-corrected chi connectivity index (χ0v) is 16.6. The molecule has 1 aromatic heterocycles. The Morgan fingerprint density at radius 1 is 1.15 bits per heavy atom. The van der Waals surface area contributed by atoms with E-state index in [0.717, 1.165) is 5.56 Å². The first-order chi connectivity index (χ1) is 13.0. The van der Waals surface area contributed by atoms with Crippen molar-refractivity contribution in [2.45, 2.75) is 18.6 Å². The van der Waals surface area contributed by atoms with Crippen molar-refractivity contribution in [3.05, 3.63) is 58.3 Å². The fourth-order valence-corrected chi connectivity index (χ4v) is 3.71. The number of nitrogens with one attached hydrogen (secondary N) is 1. The molecule has 3 aromatic rings. The first kappa shape index (κ1) is 19.7. The smallest absolute Gasteiger partial charge is 0.234 e. The van der Waals surface area contributed by atoms with E-state index in [9.17, 15) is 9.18 Å². The summed E-state index contributed by atoms with van der Waals surface area (Å²) in [5.41, 5.74) is 1.14. The number of hydrogen-bond donors (Lipinski definition) is 1. The van der Waals surface area contributed by atoms with Gasteiger partial charge in [-0.05, 0) is 43.3 Å². The van der Waals surface area contributed by atoms with Crippen LogP contribution in [0.4, 0.5) is 10.1 Å². The molecule has 0 aliphatic heterocycles. The Bertz CT molecular complexity index is 942. The number of benzene rings is 2. The zero-order chi connectivity index (χ0) is 19.4. The summed E-state index contributed by atoms with van der Waals surface area (Å²) in [6.45, 7) is 2.56. The monoisotopic (exact) mass is 424 g/mol. The third-order valence-electron chi connectivity index (χ3n) is 3.70. The minimum Gasteiger partial charge on any atom is -0.323 e. The fraction of sp³-hybridized carbons (Fsp3) is 0.167. The number of aromatic nitrogens is 3. The van der Waals surface area contributed by atoms with Crippen LogP contribution in [0.25, 0.3) is 11.4 Å². The summed E-state index contributed by atoms with van der Waals surface area (Å²) in [5, 5.41) is 12.4. The van der Waals surface area contributed by atoms with Gasteiger partial charge in [-0.2, -0.15) is 0 Å². The fourth-order valence-electron chi connectivity index (χ4n) is 2.42. The van der Waals surface area contributed by atoms with Gasteiger partial charge in [-0.1, -0.05) is 41.0 Å². The molecule has 0 saturated heterocycles. The SMILES string of the molecule is CCn1c(SCC(=O)Nc2c(Cl)cccc2Cl)nnc1-c1ccc(F)cc1. The molecule has 0 bridgehead atoms. The normalized spacial score (nSPS) is 10.8. The highest BCUT2D eigenvalue weighted by atomic mass is 35.5. The first-order valence-electron chi connectivity index (χ1n) is 8.05. The summed E-state index contributed by atoms with van der Waals surface area (Å²) >= 11 is 13.4. The lowest BCUT2D eigenvalue weighted by atomic mass is 10.2. The molecule has 0 atom stereocenters. The second kappa shape index (κ2) is 8.73. The van der Waals surface area contributed by atoms with Gasteiger partial charge in [0.1, 0.15) is 5.82 Å². The van der Waals surface area contributed by atoms with Gasteiger partial charge in [-0.3, -0.25) is 4.79 Å². The first-order valence-corrected chi connectivity index (χ1v) is 9.79. The van der Waals surface area contributed by atoms with Crippen LogP contribution in [0.15, 0.2) is 47.6 Å². The predicted octanol–water partition coefficient (Wildman–Crippen LogP) is 5.14. The molecule has 0 fully saturated rings. The van der Waals surface area contributed by atoms with Crippen LogP contribution in [0.3, 0.4) is 0 Å². The molecule has 0 spiro atoms. The van der Waals surface area contributed by atoms with Crippen molar-refractivity contribution in [3.63, 3.8) is 0 Å². The van der Waals surface area contributed by atoms with E-state index in [-0.39, 0.29) is 17.5 Å². The molecule has 0 aliphatic carbocycles. The van der Waals surface area contributed by atoms with Crippen molar-refractivity contribution >= 4 is 46.6 Å². The molecule has 2 aromatic carbocycles. The van der Waals surface area contributed by atoms with Crippen molar-refractivity contribution in [1.82, 2.24) is 14.8 Å². The molecule has 140 valence electrons. The van der Waals surface area contributed by atoms with E-state index in [0.29, 0.717) is 33.3 Å². The summed E-state index contributed by atoms with van der Waals surface area (Å²) in [6.07, 6.45) is 0. The second-order valence-corrected chi connectivity index (χ2v) is 7.25. The second-order valence-electron chi connectivity index (χ2n) is 5.49. The van der Waals surface area contributed by atoms with E-state index in [1.807, 2.05) is 11.5 Å². The third-order valence-corrected chi connectivity index (χ3v) is 5.29. The number of hydrogen-bond acceptors (Lipinski definition) is 4. The average Bonchev–Trinajstić information content (AvgIpc) is 3.06. The molecule has 0 saturated carbocycles. The summed E-state index contributed by atoms with van der Waals surface area (Å²) in [5.74, 6) is 0.160. The van der Waals surface area contributed by atoms with Crippen molar-refractivity contribution < 1.29 is 9.18 Å². The van der Waals surface area contributed by atoms with E-state index in [4.69, 9.17) is 23.2 Å². The lowest BCUT2D eigenvalue weighted by Gasteiger charge is -2.09. The summed E-state index contributed by atoms with van der Waals surface area (Å²) in [6, 6.07) is 11.0. The Morgan fingerprint density at radius 2 is 1.81 bits per heavy atom. The number of carbonyl (C=O) groups is 1. The van der Waals surface area contributed by atoms with Crippen LogP contribution in [0.1, 0.15) is 6.92 Å². The van der Waals surface area contributed by atoms with E-state index in [1.54, 1.807) is 30.3 Å². The molecule has 1 amide bonds. The van der Waals surface area contributed by atoms with Crippen LogP contribution in [0.5, 0.6) is 0 Å². The quantitative estimate of drug-likeness (QED) is 0.556. The van der Waals surface area contributed by atoms with Crippen LogP contribution in [0.2, 0.25) is 10.0 Å². The average molecular weight is 425 g/mol. The van der Waals surface area contributed by atoms with Gasteiger partial charge in [0.05, 0.1) is 21.5 Å². The number of halogens is 3. The number of anilines is 1. The maximum Gasteiger partial charge on any atom is 0.234 e. The maximum absolute atomic E-state index is 13.1. The molecular formula is C18H15Cl2FN4OS. The van der Waals surface area contributed by atoms with E-state index in [2.05, 4.69) is 15.5 Å². The molecule has 0 unspecified atom stereocenters. The van der Waals surface area contributed by atoms with Gasteiger partial charge in [0.25, 0.3) is 0 Å². The third kappa shape index (κ3) is 4.61. The lowest BCUT2D eigenvalue weighted by Crippen LogP contribution is -2.15. The van der Waals surface area contributed by atoms with Crippen LogP contribution in [-0.2, 0) is 11.3 Å². The molecule has 0 radical (unpaired) electrons. The van der Waals surface area contributed by atoms with Gasteiger partial charge in [0, 0.05) is 12.1 Å². The number of para-hydroxylation sites is 1. The molecule has 1 heterocycles. The van der Waals surface area contributed by atoms with Crippen LogP contribution < -0.4 is 5.32 Å². The van der Waals surface area contributed by atoms with Crippen molar-refractivity contribution in [1.29, 1.82) is 0 Å². The molecule has 1 N–H and O–H groups in total. The summed E-state index contributed by atoms with van der Waals surface area (Å²) in [4.78, 5) is 12.3. The minimum atomic E-state index is -0.314. The number of amides is 1. The summed E-state index contributed by atoms with van der Waals surface area (Å²) in [7, 11) is 0. The Morgan fingerprint density at radius 3 is 2.44 bits per heavy atom. The largest absolute Gasteiger partial charge is 0.323 e. The molecule has 3 rings (SSSR count). The number of nitrogens with zero attached hydrogens (tertiary/aromatic N) is 3. The van der Waals surface area contributed by atoms with Crippen molar-refractivity contribution in [2.24, 2.45) is 0 Å². The lowest BCUT2D eigenvalue weighted by molar-refractivity contribution is -0.113. The van der Waals surface area contributed by atoms with E-state index < -0.39 is 0 Å². The van der Waals surface area contributed by atoms with Gasteiger partial charge in [-0.15, -0.1) is 10.2 Å². The van der Waals surface area contributed by atoms with Gasteiger partial charge in [0.2, 0.25) is 5.91 Å². The highest BCUT2D eigenvalue weighted by molar-refractivity contribution is 7.99. The van der Waals surface area contributed by atoms with Gasteiger partial charge >= 0.3 is 0 Å². The topological polar surface area (TPSA) is 59.8 Å². The molecular weight excluding hydrogens is 410 g/mol. The molecule has 0 aliphatic rings. The zero-order valence-electron chi connectivity index (χ0n) is 14.2. The number of thioether (sulfide) groups is 1. The Hall–Kier alpha value is -2.09. The number of rotatable bonds is 6. The maximum atomic E-state index is 13.1. The van der Waals surface area contributed by atoms with Crippen LogP contribution >= 0.6 is 35.0 Å². The standard InChI is InChI=1S/C18H15Cl2FN4OS/c1-2-25-17(11-6-8-12(21)9-7-11)23-24-18(25)27-10-15(26)22-16-13(19)4-3-5-14(16)20/h3-9H,2,10H2,1H3,(H,22,26). The Kier molecular flexibility index (Phi) is 6.36. The predicted molar refractivity (Wildman–Crippen MR) is 107 cm³/mol. The van der Waals surface area contributed by atoms with Gasteiger partial charge in [-0.25, -0.2) is 4.39 Å². The number of carbonyl (C=O) groups excluding carboxylic acids is 1. The van der Waals surface area contributed by atoms with E-state index >= 15 is 0 Å². The molecule has 27 heavy (non-hydrogen) atoms. The van der Waals surface area contributed by atoms with E-state index in [1.165, 1.54) is 23.9 Å². The molecule has 9 heteroatoms. The Labute approximate surface area is 169 Å². The van der Waals surface area contributed by atoms with Crippen LogP contribution in [-0.4, -0.2) is 26.4 Å². The van der Waals surface area contributed by atoms with Crippen LogP contribution in [0, 0.1) is 5.82 Å². The van der Waals surface area contributed by atoms with Crippen molar-refractivity contribution in [2.75, 3.05) is 11.1 Å². The molecule has 5 nitrogen and oxygen atoms in total. The minimum absolute atomic E-state index is 0.114. The Balaban J connectivity index is 1.71. The van der Waals surface area contributed by atoms with Crippen molar-refractivity contribution in [3.8, 4) is 11.4 Å². The highest BCUT2D eigenvalue weighted by Crippen LogP contribution is 2.30. The highest BCUT2D eigenvalue weighted by Gasteiger charge is 2.16.